The zero-order valence-electron chi connectivity index (χ0n) is 52.1. The van der Waals surface area contributed by atoms with Gasteiger partial charge in [0.1, 0.15) is 34.2 Å². The van der Waals surface area contributed by atoms with Crippen LogP contribution in [0.3, 0.4) is 0 Å². The monoisotopic (exact) mass is 1260 g/mol. The van der Waals surface area contributed by atoms with Crippen LogP contribution in [0.1, 0.15) is 168 Å². The number of hydrogen-bond donors (Lipinski definition) is 5. The van der Waals surface area contributed by atoms with Gasteiger partial charge in [-0.1, -0.05) is 79.1 Å². The lowest BCUT2D eigenvalue weighted by atomic mass is 9.83. The van der Waals surface area contributed by atoms with Crippen molar-refractivity contribution in [3.8, 4) is 0 Å². The minimum atomic E-state index is -4.24. The van der Waals surface area contributed by atoms with Gasteiger partial charge < -0.3 is 25.8 Å². The molecule has 10 heterocycles. The fourth-order valence-electron chi connectivity index (χ4n) is 12.6. The van der Waals surface area contributed by atoms with E-state index in [4.69, 9.17) is 16.6 Å². The summed E-state index contributed by atoms with van der Waals surface area (Å²) >= 11 is 6.14. The maximum Gasteiger partial charge on any atom is 0.281 e. The molecule has 0 aliphatic carbocycles. The smallest absolute Gasteiger partial charge is 0.281 e. The van der Waals surface area contributed by atoms with Crippen LogP contribution in [0.25, 0.3) is 0 Å². The molecule has 4 fully saturated rings. The summed E-state index contributed by atoms with van der Waals surface area (Å²) < 4.78 is 56.4. The number of halogens is 2. The lowest BCUT2D eigenvalue weighted by Gasteiger charge is -2.34. The first-order valence-electron chi connectivity index (χ1n) is 30.1. The average Bonchev–Trinajstić information content (AvgIpc) is 1.56. The Hall–Kier alpha value is -5.84. The van der Waals surface area contributed by atoms with Crippen LogP contribution >= 0.6 is 24.0 Å². The molecule has 6 aliphatic heterocycles. The summed E-state index contributed by atoms with van der Waals surface area (Å²) in [5, 5.41) is 9.10. The van der Waals surface area contributed by atoms with Crippen molar-refractivity contribution in [2.24, 2.45) is 46.3 Å². The number of amides is 4. The van der Waals surface area contributed by atoms with Gasteiger partial charge in [-0.05, 0) is 175 Å². The van der Waals surface area contributed by atoms with Crippen LogP contribution in [0.5, 0.6) is 0 Å². The summed E-state index contributed by atoms with van der Waals surface area (Å²) in [6.45, 7) is 30.1. The first-order chi connectivity index (χ1) is 39.7. The lowest BCUT2D eigenvalue weighted by Crippen LogP contribution is -2.41. The Bertz CT molecular complexity index is 3350. The first kappa shape index (κ1) is 67.7. The van der Waals surface area contributed by atoms with Gasteiger partial charge in [-0.2, -0.15) is 16.8 Å². The van der Waals surface area contributed by atoms with E-state index < -0.39 is 31.9 Å². The topological polar surface area (TPSA) is 258 Å². The summed E-state index contributed by atoms with van der Waals surface area (Å²) in [6, 6.07) is 15.6. The number of carbonyl (C=O) groups excluding carboxylic acids is 4. The molecule has 8 bridgehead atoms. The lowest BCUT2D eigenvalue weighted by molar-refractivity contribution is -0.123. The van der Waals surface area contributed by atoms with E-state index in [-0.39, 0.29) is 84.8 Å². The quantitative estimate of drug-likeness (QED) is 0.116. The maximum absolute atomic E-state index is 13.6. The number of rotatable bonds is 5. The largest absolute Gasteiger partial charge is 0.370 e. The molecule has 4 amide bonds. The number of nitrogens with zero attached hydrogens (tertiary/aromatic N) is 7. The second-order valence-electron chi connectivity index (χ2n) is 27.8. The van der Waals surface area contributed by atoms with Crippen molar-refractivity contribution in [1.82, 2.24) is 34.7 Å². The Morgan fingerprint density at radius 1 is 0.593 bits per heavy atom. The maximum atomic E-state index is 13.6. The van der Waals surface area contributed by atoms with E-state index in [1.807, 2.05) is 0 Å². The zero-order valence-corrected chi connectivity index (χ0v) is 55.3. The number of fused-ring (bicyclic) bond motifs is 12. The molecule has 10 rings (SSSR count). The van der Waals surface area contributed by atoms with E-state index in [1.54, 1.807) is 41.3 Å². The molecule has 0 spiro atoms. The second kappa shape index (κ2) is 26.9. The molecule has 4 aromatic rings. The fraction of sp³-hybridized carbons (Fsp3) is 0.613. The van der Waals surface area contributed by atoms with Gasteiger partial charge in [-0.25, -0.2) is 29.4 Å². The highest BCUT2D eigenvalue weighted by Gasteiger charge is 2.44. The van der Waals surface area contributed by atoms with Crippen LogP contribution in [0, 0.1) is 46.3 Å². The van der Waals surface area contributed by atoms with E-state index in [9.17, 15) is 36.0 Å². The molecule has 0 saturated carbocycles. The molecule has 4 aromatic heterocycles. The standard InChI is InChI=1S/C31H44N6O4S.C20H24ClN5O3S.C11H21NO.ClH/c1-20-18-36(29(39)22(20)14-15-30(2,3)4)25-13-12-23-27(34-25)37-19-21(17-31(37,5)6)9-8-16-32-24-10-7-11-26(33-24)42(40,41)35-28(23)38;1-20(2)11-13-5-4-10-22-16-6-3-7-17(24-16)30(28,29)25-19(27)14-8-9-15(21)23-18(14)26(20)12-13;1-8-7-12-10(13)9(8)5-6-11(2,3)4;/h7,10-13,20-22H,8-9,14-19H2,1-6H3,(H,32,33)(H,35,38);3,6-9,13H,4-5,10-12H2,1-2H3,(H,22,24)(H,25,27);8-9H,5-7H2,1-4H3,(H,12,13);1H/t20?,21-,22?;13-;;/m00../s1. The Kier molecular flexibility index (Phi) is 21.1. The van der Waals surface area contributed by atoms with Gasteiger partial charge in [0.15, 0.2) is 10.1 Å². The van der Waals surface area contributed by atoms with Crippen molar-refractivity contribution in [3.63, 3.8) is 0 Å². The third-order valence-corrected chi connectivity index (χ3v) is 20.0. The van der Waals surface area contributed by atoms with Gasteiger partial charge in [0, 0.05) is 62.2 Å². The Morgan fingerprint density at radius 3 is 1.52 bits per heavy atom. The van der Waals surface area contributed by atoms with Crippen LogP contribution < -0.4 is 40.1 Å². The van der Waals surface area contributed by atoms with Crippen molar-refractivity contribution in [3.05, 3.63) is 76.9 Å². The van der Waals surface area contributed by atoms with Crippen LogP contribution in [0.2, 0.25) is 5.15 Å². The average molecular weight is 1270 g/mol. The third-order valence-electron chi connectivity index (χ3n) is 17.3. The van der Waals surface area contributed by atoms with Crippen molar-refractivity contribution in [2.45, 2.75) is 168 Å². The Labute approximate surface area is 520 Å². The van der Waals surface area contributed by atoms with Gasteiger partial charge in [-0.3, -0.25) is 24.1 Å². The SMILES string of the molecule is CC1(C)C[C@@H]2CCCNc3cccc(n3)S(=O)(=O)NC(=O)c3ccc(Cl)nc3N1C2.CC1CN(c2ccc3c(n2)N2C[C@@H](CCCNc4cccc(n4)S(=O)(=O)NC3=O)CC2(C)C)C(=O)C1CCC(C)(C)C.CC1CNC(=O)C1CCC(C)(C)C.Cl. The number of anilines is 5. The Morgan fingerprint density at radius 2 is 1.06 bits per heavy atom. The summed E-state index contributed by atoms with van der Waals surface area (Å²) in [6.07, 6.45) is 9.54. The molecule has 0 aromatic carbocycles. The van der Waals surface area contributed by atoms with Gasteiger partial charge in [0.05, 0.1) is 11.1 Å². The molecule has 6 aliphatic rings. The van der Waals surface area contributed by atoms with Gasteiger partial charge in [-0.15, -0.1) is 12.4 Å². The zero-order chi connectivity index (χ0) is 62.0. The molecule has 24 heteroatoms. The summed E-state index contributed by atoms with van der Waals surface area (Å²) in [5.74, 6) is 2.66. The van der Waals surface area contributed by atoms with Crippen molar-refractivity contribution in [1.29, 1.82) is 0 Å². The van der Waals surface area contributed by atoms with Gasteiger partial charge in [0.2, 0.25) is 11.8 Å². The predicted molar refractivity (Wildman–Crippen MR) is 341 cm³/mol. The molecular formula is C62H90Cl2N12O8S2. The van der Waals surface area contributed by atoms with Gasteiger partial charge >= 0.3 is 0 Å². The Balaban J connectivity index is 0.000000208. The summed E-state index contributed by atoms with van der Waals surface area (Å²) in [4.78, 5) is 75.3. The molecule has 20 nitrogen and oxygen atoms in total. The molecule has 5 N–H and O–H groups in total. The summed E-state index contributed by atoms with van der Waals surface area (Å²) in [5.41, 5.74) is 0.246. The van der Waals surface area contributed by atoms with Crippen LogP contribution in [-0.4, -0.2) is 111 Å². The van der Waals surface area contributed by atoms with E-state index in [2.05, 4.69) is 133 Å². The molecule has 4 saturated heterocycles. The molecule has 0 radical (unpaired) electrons. The highest BCUT2D eigenvalue weighted by Crippen LogP contribution is 2.43. The normalized spacial score (nSPS) is 24.9. The number of nitrogens with one attached hydrogen (secondary N) is 5. The number of hydrogen-bond acceptors (Lipinski definition) is 16. The number of sulfonamides is 2. The third kappa shape index (κ3) is 16.7. The highest BCUT2D eigenvalue weighted by molar-refractivity contribution is 7.90. The summed E-state index contributed by atoms with van der Waals surface area (Å²) in [7, 11) is -8.40. The van der Waals surface area contributed by atoms with E-state index >= 15 is 0 Å². The number of aromatic nitrogens is 4. The molecule has 472 valence electrons. The van der Waals surface area contributed by atoms with E-state index in [0.717, 1.165) is 77.3 Å². The van der Waals surface area contributed by atoms with Crippen molar-refractivity contribution >= 4 is 96.8 Å². The first-order valence-corrected chi connectivity index (χ1v) is 33.4. The van der Waals surface area contributed by atoms with E-state index in [0.29, 0.717) is 78.4 Å². The molecule has 6 atom stereocenters. The second-order valence-corrected chi connectivity index (χ2v) is 31.5. The van der Waals surface area contributed by atoms with Crippen LogP contribution in [0.4, 0.5) is 29.1 Å². The van der Waals surface area contributed by atoms with Crippen LogP contribution in [0.15, 0.2) is 70.7 Å². The highest BCUT2D eigenvalue weighted by atomic mass is 35.5. The van der Waals surface area contributed by atoms with Gasteiger partial charge in [0.25, 0.3) is 31.9 Å². The van der Waals surface area contributed by atoms with E-state index in [1.165, 1.54) is 24.3 Å². The molecule has 4 unspecified atom stereocenters. The number of carbonyl (C=O) groups is 4. The minimum Gasteiger partial charge on any atom is -0.370 e. The fourth-order valence-corrected chi connectivity index (χ4v) is 14.6. The minimum absolute atomic E-state index is 0. The van der Waals surface area contributed by atoms with Crippen molar-refractivity contribution in [2.75, 3.05) is 64.6 Å². The van der Waals surface area contributed by atoms with Crippen molar-refractivity contribution < 1.29 is 36.0 Å². The predicted octanol–water partition coefficient (Wildman–Crippen LogP) is 10.5. The number of pyridine rings is 4. The molecule has 86 heavy (non-hydrogen) atoms. The molecular weight excluding hydrogens is 1180 g/mol. The van der Waals surface area contributed by atoms with Crippen LogP contribution in [-0.2, 0) is 29.6 Å².